The minimum absolute atomic E-state index is 0.215. The number of amides is 2. The number of nitrogens with zero attached hydrogens (tertiary/aromatic N) is 5. The van der Waals surface area contributed by atoms with Gasteiger partial charge in [0.25, 0.3) is 0 Å². The summed E-state index contributed by atoms with van der Waals surface area (Å²) in [4.78, 5) is 29.7. The predicted molar refractivity (Wildman–Crippen MR) is 83.7 cm³/mol. The van der Waals surface area contributed by atoms with Crippen molar-refractivity contribution in [3.63, 3.8) is 0 Å². The number of aryl methyl sites for hydroxylation is 1. The molecule has 1 fully saturated rings. The fraction of sp³-hybridized carbons (Fsp3) is 0.667. The Balaban J connectivity index is 2.18. The van der Waals surface area contributed by atoms with Gasteiger partial charge in [-0.05, 0) is 20.0 Å². The smallest absolute Gasteiger partial charge is 0.347 e. The van der Waals surface area contributed by atoms with Crippen molar-refractivity contribution >= 4 is 11.8 Å². The van der Waals surface area contributed by atoms with Crippen molar-refractivity contribution in [2.75, 3.05) is 40.8 Å². The van der Waals surface area contributed by atoms with E-state index in [1.54, 1.807) is 14.1 Å². The topological polar surface area (TPSA) is 61.7 Å². The van der Waals surface area contributed by atoms with Crippen LogP contribution in [0.25, 0.3) is 0 Å². The van der Waals surface area contributed by atoms with Gasteiger partial charge in [0.05, 0.1) is 0 Å². The zero-order valence-corrected chi connectivity index (χ0v) is 14.7. The predicted octanol–water partition coefficient (Wildman–Crippen LogP) is 0.441. The molecule has 1 saturated heterocycles. The number of rotatable bonds is 3. The van der Waals surface area contributed by atoms with E-state index in [2.05, 4.69) is 5.10 Å². The second-order valence-electron chi connectivity index (χ2n) is 6.42. The molecule has 0 bridgehead atoms. The highest BCUT2D eigenvalue weighted by molar-refractivity contribution is 5.87. The number of alkyl halides is 3. The monoisotopic (exact) mass is 361 g/mol. The van der Waals surface area contributed by atoms with Gasteiger partial charge in [0, 0.05) is 39.4 Å². The fourth-order valence-corrected chi connectivity index (χ4v) is 2.75. The molecule has 2 rings (SSSR count). The van der Waals surface area contributed by atoms with Gasteiger partial charge in [0.2, 0.25) is 11.8 Å². The maximum atomic E-state index is 12.7. The summed E-state index contributed by atoms with van der Waals surface area (Å²) in [6, 6.07) is 0.249. The van der Waals surface area contributed by atoms with Gasteiger partial charge in [-0.1, -0.05) is 0 Å². The first-order valence-corrected chi connectivity index (χ1v) is 7.81. The normalized spacial score (nSPS) is 19.2. The van der Waals surface area contributed by atoms with E-state index >= 15 is 0 Å². The van der Waals surface area contributed by atoms with Crippen LogP contribution >= 0.6 is 0 Å². The number of halogens is 3. The van der Waals surface area contributed by atoms with Gasteiger partial charge in [-0.25, -0.2) is 0 Å². The number of aromatic nitrogens is 2. The molecule has 2 heterocycles. The largest absolute Gasteiger partial charge is 0.435 e. The highest BCUT2D eigenvalue weighted by atomic mass is 19.4. The second kappa shape index (κ2) is 7.03. The molecule has 0 spiro atoms. The van der Waals surface area contributed by atoms with Crippen LogP contribution in [0.2, 0.25) is 0 Å². The maximum Gasteiger partial charge on any atom is 0.435 e. The highest BCUT2D eigenvalue weighted by Crippen LogP contribution is 2.28. The van der Waals surface area contributed by atoms with Crippen LogP contribution in [0.4, 0.5) is 13.2 Å². The van der Waals surface area contributed by atoms with E-state index in [1.807, 2.05) is 11.9 Å². The summed E-state index contributed by atoms with van der Waals surface area (Å²) in [6.45, 7) is 2.44. The molecule has 0 N–H and O–H groups in total. The average molecular weight is 361 g/mol. The van der Waals surface area contributed by atoms with E-state index in [1.165, 1.54) is 16.7 Å². The number of carbonyl (C=O) groups is 2. The molecule has 0 radical (unpaired) electrons. The molecule has 0 aromatic carbocycles. The molecule has 7 nitrogen and oxygen atoms in total. The van der Waals surface area contributed by atoms with Gasteiger partial charge in [-0.3, -0.25) is 14.3 Å². The maximum absolute atomic E-state index is 12.7. The molecular formula is C15H22F3N5O2. The van der Waals surface area contributed by atoms with Crippen molar-refractivity contribution in [2.45, 2.75) is 25.7 Å². The summed E-state index contributed by atoms with van der Waals surface area (Å²) in [7, 11) is 5.06. The van der Waals surface area contributed by atoms with Crippen LogP contribution in [-0.4, -0.2) is 83.1 Å². The van der Waals surface area contributed by atoms with E-state index in [4.69, 9.17) is 0 Å². The quantitative estimate of drug-likeness (QED) is 0.784. The second-order valence-corrected chi connectivity index (χ2v) is 6.42. The lowest BCUT2D eigenvalue weighted by Crippen LogP contribution is -2.60. The van der Waals surface area contributed by atoms with Gasteiger partial charge in [0.15, 0.2) is 5.69 Å². The van der Waals surface area contributed by atoms with Crippen molar-refractivity contribution in [3.05, 3.63) is 17.5 Å². The van der Waals surface area contributed by atoms with Crippen LogP contribution in [0.5, 0.6) is 0 Å². The fourth-order valence-electron chi connectivity index (χ4n) is 2.75. The molecule has 1 unspecified atom stereocenters. The Bertz CT molecular complexity index is 656. The number of likely N-dealkylation sites (N-methyl/N-ethyl adjacent to an activating group) is 2. The van der Waals surface area contributed by atoms with Gasteiger partial charge in [0.1, 0.15) is 12.6 Å². The molecule has 2 amide bonds. The minimum atomic E-state index is -4.56. The summed E-state index contributed by atoms with van der Waals surface area (Å²) >= 11 is 0. The van der Waals surface area contributed by atoms with Crippen molar-refractivity contribution < 1.29 is 22.8 Å². The van der Waals surface area contributed by atoms with Crippen LogP contribution in [0, 0.1) is 6.92 Å². The lowest BCUT2D eigenvalue weighted by molar-refractivity contribution is -0.148. The Kier molecular flexibility index (Phi) is 5.40. The lowest BCUT2D eigenvalue weighted by atomic mass is 10.1. The standard InChI is InChI=1S/C15H22F3N5O2/c1-10-7-12(15(16,17)18)19-23(10)9-13(24)22-6-5-21(4)8-11(22)14(25)20(2)3/h7,11H,5-6,8-9H2,1-4H3. The summed E-state index contributed by atoms with van der Waals surface area (Å²) in [6.07, 6.45) is -4.56. The Morgan fingerprint density at radius 1 is 1.32 bits per heavy atom. The Morgan fingerprint density at radius 3 is 2.48 bits per heavy atom. The molecule has 10 heteroatoms. The SMILES string of the molecule is Cc1cc(C(F)(F)F)nn1CC(=O)N1CCN(C)CC1C(=O)N(C)C. The number of piperazine rings is 1. The first-order chi connectivity index (χ1) is 11.5. The molecule has 1 aliphatic heterocycles. The molecule has 0 aliphatic carbocycles. The van der Waals surface area contributed by atoms with E-state index in [9.17, 15) is 22.8 Å². The van der Waals surface area contributed by atoms with Crippen LogP contribution in [-0.2, 0) is 22.3 Å². The molecular weight excluding hydrogens is 339 g/mol. The lowest BCUT2D eigenvalue weighted by Gasteiger charge is -2.40. The van der Waals surface area contributed by atoms with E-state index < -0.39 is 23.8 Å². The van der Waals surface area contributed by atoms with Crippen molar-refractivity contribution in [1.29, 1.82) is 0 Å². The van der Waals surface area contributed by atoms with Crippen LogP contribution in [0.3, 0.4) is 0 Å². The highest BCUT2D eigenvalue weighted by Gasteiger charge is 2.37. The zero-order chi connectivity index (χ0) is 18.9. The van der Waals surface area contributed by atoms with Gasteiger partial charge >= 0.3 is 6.18 Å². The number of hydrogen-bond donors (Lipinski definition) is 0. The van der Waals surface area contributed by atoms with Gasteiger partial charge in [-0.15, -0.1) is 0 Å². The van der Waals surface area contributed by atoms with Crippen LogP contribution in [0.1, 0.15) is 11.4 Å². The Labute approximate surface area is 144 Å². The first kappa shape index (κ1) is 19.2. The van der Waals surface area contributed by atoms with E-state index in [0.717, 1.165) is 10.7 Å². The number of hydrogen-bond acceptors (Lipinski definition) is 4. The van der Waals surface area contributed by atoms with Crippen LogP contribution in [0.15, 0.2) is 6.07 Å². The molecule has 1 aromatic rings. The Hall–Kier alpha value is -2.10. The van der Waals surface area contributed by atoms with Crippen molar-refractivity contribution in [3.8, 4) is 0 Å². The van der Waals surface area contributed by atoms with E-state index in [0.29, 0.717) is 19.6 Å². The van der Waals surface area contributed by atoms with Gasteiger partial charge < -0.3 is 14.7 Å². The average Bonchev–Trinajstić information content (AvgIpc) is 2.87. The molecule has 1 aliphatic rings. The van der Waals surface area contributed by atoms with Crippen molar-refractivity contribution in [2.24, 2.45) is 0 Å². The van der Waals surface area contributed by atoms with Crippen molar-refractivity contribution in [1.82, 2.24) is 24.5 Å². The van der Waals surface area contributed by atoms with Gasteiger partial charge in [-0.2, -0.15) is 18.3 Å². The third-order valence-electron chi connectivity index (χ3n) is 4.19. The first-order valence-electron chi connectivity index (χ1n) is 7.81. The summed E-state index contributed by atoms with van der Waals surface area (Å²) in [5.74, 6) is -0.638. The molecule has 1 atom stereocenters. The minimum Gasteiger partial charge on any atom is -0.347 e. The third-order valence-corrected chi connectivity index (χ3v) is 4.19. The molecule has 25 heavy (non-hydrogen) atoms. The molecule has 140 valence electrons. The number of carbonyl (C=O) groups excluding carboxylic acids is 2. The molecule has 1 aromatic heterocycles. The summed E-state index contributed by atoms with van der Waals surface area (Å²) < 4.78 is 39.3. The Morgan fingerprint density at radius 2 is 1.96 bits per heavy atom. The van der Waals surface area contributed by atoms with E-state index in [-0.39, 0.29) is 18.1 Å². The zero-order valence-electron chi connectivity index (χ0n) is 14.7. The molecule has 0 saturated carbocycles. The van der Waals surface area contributed by atoms with Crippen LogP contribution < -0.4 is 0 Å². The summed E-state index contributed by atoms with van der Waals surface area (Å²) in [5.41, 5.74) is -0.789. The summed E-state index contributed by atoms with van der Waals surface area (Å²) in [5, 5.41) is 3.47. The third kappa shape index (κ3) is 4.30.